The monoisotopic (exact) mass is 453 g/mol. The Morgan fingerprint density at radius 2 is 2.03 bits per heavy atom. The van der Waals surface area contributed by atoms with Gasteiger partial charge in [-0.3, -0.25) is 19.0 Å². The smallest absolute Gasteiger partial charge is 0.308 e. The summed E-state index contributed by atoms with van der Waals surface area (Å²) in [6.07, 6.45) is 1.05. The molecular weight excluding hydrogens is 430 g/mol. The van der Waals surface area contributed by atoms with Gasteiger partial charge in [0.1, 0.15) is 5.75 Å². The summed E-state index contributed by atoms with van der Waals surface area (Å²) in [7, 11) is 0. The molecule has 0 spiro atoms. The molecule has 2 aromatic heterocycles. The van der Waals surface area contributed by atoms with Crippen LogP contribution in [-0.2, 0) is 14.3 Å². The Bertz CT molecular complexity index is 1170. The molecule has 32 heavy (non-hydrogen) atoms. The maximum Gasteiger partial charge on any atom is 0.308 e. The number of fused-ring (bicyclic) bond motifs is 1. The van der Waals surface area contributed by atoms with Gasteiger partial charge in [0.25, 0.3) is 5.91 Å². The van der Waals surface area contributed by atoms with Gasteiger partial charge < -0.3 is 14.4 Å². The Morgan fingerprint density at radius 3 is 2.78 bits per heavy atom. The fourth-order valence-corrected chi connectivity index (χ4v) is 4.51. The molecule has 4 rings (SSSR count). The van der Waals surface area contributed by atoms with Crippen molar-refractivity contribution in [2.24, 2.45) is 0 Å². The summed E-state index contributed by atoms with van der Waals surface area (Å²) < 4.78 is 12.7. The van der Waals surface area contributed by atoms with Crippen molar-refractivity contribution >= 4 is 34.7 Å². The minimum atomic E-state index is -0.629. The lowest BCUT2D eigenvalue weighted by Gasteiger charge is -2.32. The number of para-hydroxylation sites is 2. The SMILES string of the molecule is Cc1cc(C(=O)COC(=O)CCN2C(=O)C(C)Oc3ccccc32)c(C)n1-c1nccs1. The molecule has 0 saturated carbocycles. The first kappa shape index (κ1) is 21.8. The largest absolute Gasteiger partial charge is 0.479 e. The van der Waals surface area contributed by atoms with E-state index < -0.39 is 12.1 Å². The third-order valence-corrected chi connectivity index (χ3v) is 6.08. The topological polar surface area (TPSA) is 90.7 Å². The number of ketones is 1. The van der Waals surface area contributed by atoms with Gasteiger partial charge in [-0.1, -0.05) is 12.1 Å². The van der Waals surface area contributed by atoms with Gasteiger partial charge in [0, 0.05) is 35.1 Å². The summed E-state index contributed by atoms with van der Waals surface area (Å²) in [6.45, 7) is 5.20. The van der Waals surface area contributed by atoms with Crippen LogP contribution in [0.4, 0.5) is 5.69 Å². The number of ether oxygens (including phenoxy) is 2. The number of carbonyl (C=O) groups is 3. The molecule has 1 atom stereocenters. The number of carbonyl (C=O) groups excluding carboxylic acids is 3. The highest BCUT2D eigenvalue weighted by atomic mass is 32.1. The van der Waals surface area contributed by atoms with Crippen molar-refractivity contribution in [3.05, 3.63) is 58.9 Å². The first-order valence-electron chi connectivity index (χ1n) is 10.2. The molecule has 3 heterocycles. The van der Waals surface area contributed by atoms with E-state index in [-0.39, 0.29) is 31.3 Å². The van der Waals surface area contributed by atoms with Crippen molar-refractivity contribution in [1.82, 2.24) is 9.55 Å². The van der Waals surface area contributed by atoms with Crippen molar-refractivity contribution < 1.29 is 23.9 Å². The number of thiazole rings is 1. The Hall–Kier alpha value is -3.46. The molecule has 1 aliphatic heterocycles. The van der Waals surface area contributed by atoms with E-state index in [1.165, 1.54) is 16.2 Å². The second-order valence-electron chi connectivity index (χ2n) is 7.49. The summed E-state index contributed by atoms with van der Waals surface area (Å²) >= 11 is 1.48. The Labute approximate surface area is 189 Å². The predicted octanol–water partition coefficient (Wildman–Crippen LogP) is 3.48. The highest BCUT2D eigenvalue weighted by molar-refractivity contribution is 7.12. The molecule has 1 aliphatic rings. The van der Waals surface area contributed by atoms with Crippen LogP contribution in [-0.4, -0.2) is 46.5 Å². The first-order chi connectivity index (χ1) is 15.4. The molecule has 1 aromatic carbocycles. The van der Waals surface area contributed by atoms with Crippen LogP contribution in [0.3, 0.4) is 0 Å². The molecule has 0 aliphatic carbocycles. The van der Waals surface area contributed by atoms with Crippen LogP contribution in [0, 0.1) is 13.8 Å². The average molecular weight is 454 g/mol. The van der Waals surface area contributed by atoms with Gasteiger partial charge in [0.2, 0.25) is 5.78 Å². The summed E-state index contributed by atoms with van der Waals surface area (Å²) in [6, 6.07) is 8.96. The normalized spacial score (nSPS) is 15.3. The van der Waals surface area contributed by atoms with Gasteiger partial charge in [-0.25, -0.2) is 4.98 Å². The van der Waals surface area contributed by atoms with Crippen LogP contribution in [0.15, 0.2) is 41.9 Å². The summed E-state index contributed by atoms with van der Waals surface area (Å²) in [5, 5.41) is 2.65. The maximum absolute atomic E-state index is 12.7. The number of benzene rings is 1. The third kappa shape index (κ3) is 4.16. The Kier molecular flexibility index (Phi) is 6.09. The molecule has 0 saturated heterocycles. The van der Waals surface area contributed by atoms with E-state index >= 15 is 0 Å². The molecule has 0 fully saturated rings. The van der Waals surface area contributed by atoms with Crippen molar-refractivity contribution in [2.45, 2.75) is 33.3 Å². The highest BCUT2D eigenvalue weighted by Crippen LogP contribution is 2.33. The molecule has 1 amide bonds. The quantitative estimate of drug-likeness (QED) is 0.402. The van der Waals surface area contributed by atoms with E-state index in [0.717, 1.165) is 16.5 Å². The van der Waals surface area contributed by atoms with E-state index in [2.05, 4.69) is 4.98 Å². The number of Topliss-reactive ketones (excluding diaryl/α,β-unsaturated/α-hetero) is 1. The van der Waals surface area contributed by atoms with Crippen molar-refractivity contribution in [3.8, 4) is 10.9 Å². The zero-order valence-corrected chi connectivity index (χ0v) is 18.8. The van der Waals surface area contributed by atoms with E-state index in [1.807, 2.05) is 29.9 Å². The van der Waals surface area contributed by atoms with Crippen molar-refractivity contribution in [1.29, 1.82) is 0 Å². The first-order valence-corrected chi connectivity index (χ1v) is 11.1. The van der Waals surface area contributed by atoms with E-state index in [1.54, 1.807) is 37.4 Å². The number of aryl methyl sites for hydroxylation is 1. The zero-order chi connectivity index (χ0) is 22.8. The number of aromatic nitrogens is 2. The van der Waals surface area contributed by atoms with Crippen molar-refractivity contribution in [3.63, 3.8) is 0 Å². The van der Waals surface area contributed by atoms with Crippen LogP contribution in [0.5, 0.6) is 5.75 Å². The van der Waals surface area contributed by atoms with Gasteiger partial charge in [0.05, 0.1) is 12.1 Å². The van der Waals surface area contributed by atoms with Gasteiger partial charge in [-0.2, -0.15) is 0 Å². The maximum atomic E-state index is 12.7. The standard InChI is InChI=1S/C23H23N3O5S/c1-14-12-17(15(2)26(14)23-24-9-11-32-23)19(27)13-30-21(28)8-10-25-18-6-4-5-7-20(18)31-16(3)22(25)29/h4-7,9,11-12,16H,8,10,13H2,1-3H3. The van der Waals surface area contributed by atoms with Crippen LogP contribution in [0.25, 0.3) is 5.13 Å². The summed E-state index contributed by atoms with van der Waals surface area (Å²) in [4.78, 5) is 43.3. The van der Waals surface area contributed by atoms with E-state index in [4.69, 9.17) is 9.47 Å². The predicted molar refractivity (Wildman–Crippen MR) is 120 cm³/mol. The lowest BCUT2D eigenvalue weighted by atomic mass is 10.1. The van der Waals surface area contributed by atoms with Crippen LogP contribution >= 0.6 is 11.3 Å². The second kappa shape index (κ2) is 8.96. The number of amides is 1. The van der Waals surface area contributed by atoms with E-state index in [0.29, 0.717) is 17.0 Å². The molecule has 0 radical (unpaired) electrons. The number of hydrogen-bond acceptors (Lipinski definition) is 7. The second-order valence-corrected chi connectivity index (χ2v) is 8.36. The number of rotatable bonds is 7. The van der Waals surface area contributed by atoms with Gasteiger partial charge >= 0.3 is 5.97 Å². The van der Waals surface area contributed by atoms with Crippen molar-refractivity contribution in [2.75, 3.05) is 18.1 Å². The molecule has 0 bridgehead atoms. The fourth-order valence-electron chi connectivity index (χ4n) is 3.75. The minimum absolute atomic E-state index is 0.0296. The summed E-state index contributed by atoms with van der Waals surface area (Å²) in [5.41, 5.74) is 2.75. The molecule has 3 aromatic rings. The third-order valence-electron chi connectivity index (χ3n) is 5.32. The number of nitrogens with zero attached hydrogens (tertiary/aromatic N) is 3. The number of esters is 1. The fraction of sp³-hybridized carbons (Fsp3) is 0.304. The molecule has 166 valence electrons. The minimum Gasteiger partial charge on any atom is -0.479 e. The molecule has 8 nitrogen and oxygen atoms in total. The van der Waals surface area contributed by atoms with Gasteiger partial charge in [0.15, 0.2) is 17.8 Å². The van der Waals surface area contributed by atoms with Gasteiger partial charge in [-0.05, 0) is 39.0 Å². The lowest BCUT2D eigenvalue weighted by Crippen LogP contribution is -2.45. The number of anilines is 1. The average Bonchev–Trinajstić information content (AvgIpc) is 3.39. The highest BCUT2D eigenvalue weighted by Gasteiger charge is 2.31. The molecular formula is C23H23N3O5S. The Morgan fingerprint density at radius 1 is 1.25 bits per heavy atom. The van der Waals surface area contributed by atoms with Crippen LogP contribution in [0.2, 0.25) is 0 Å². The van der Waals surface area contributed by atoms with Crippen LogP contribution < -0.4 is 9.64 Å². The summed E-state index contributed by atoms with van der Waals surface area (Å²) in [5.74, 6) is -0.451. The molecule has 9 heteroatoms. The van der Waals surface area contributed by atoms with Crippen LogP contribution in [0.1, 0.15) is 35.1 Å². The Balaban J connectivity index is 1.37. The van der Waals surface area contributed by atoms with Gasteiger partial charge in [-0.15, -0.1) is 11.3 Å². The lowest BCUT2D eigenvalue weighted by molar-refractivity contribution is -0.142. The number of hydrogen-bond donors (Lipinski definition) is 0. The van der Waals surface area contributed by atoms with E-state index in [9.17, 15) is 14.4 Å². The molecule has 1 unspecified atom stereocenters. The molecule has 0 N–H and O–H groups in total. The zero-order valence-electron chi connectivity index (χ0n) is 18.0.